The third-order valence-corrected chi connectivity index (χ3v) is 6.28. The number of piperidine rings is 1. The monoisotopic (exact) mass is 441 g/mol. The van der Waals surface area contributed by atoms with Gasteiger partial charge in [-0.25, -0.2) is 14.4 Å². The van der Waals surface area contributed by atoms with E-state index in [-0.39, 0.29) is 17.6 Å². The highest BCUT2D eigenvalue weighted by molar-refractivity contribution is 5.76. The minimum Gasteiger partial charge on any atom is -0.379 e. The van der Waals surface area contributed by atoms with Crippen LogP contribution in [0.3, 0.4) is 0 Å². The van der Waals surface area contributed by atoms with Crippen LogP contribution in [0.5, 0.6) is 0 Å². The van der Waals surface area contributed by atoms with Gasteiger partial charge < -0.3 is 14.5 Å². The normalized spacial score (nSPS) is 19.7. The number of carbonyl (C=O) groups excluding carboxylic acids is 1. The molecule has 2 fully saturated rings. The number of likely N-dealkylation sites (tertiary alicyclic amines) is 1. The fourth-order valence-electron chi connectivity index (χ4n) is 4.46. The lowest BCUT2D eigenvalue weighted by Gasteiger charge is -2.34. The van der Waals surface area contributed by atoms with E-state index in [9.17, 15) is 9.18 Å². The zero-order valence-corrected chi connectivity index (χ0v) is 19.0. The van der Waals surface area contributed by atoms with E-state index in [0.29, 0.717) is 30.0 Å². The highest BCUT2D eigenvalue weighted by Crippen LogP contribution is 2.35. The number of hydrogen-bond acceptors (Lipinski definition) is 6. The number of rotatable bonds is 6. The molecule has 0 aliphatic carbocycles. The summed E-state index contributed by atoms with van der Waals surface area (Å²) in [6.45, 7) is 5.38. The zero-order chi connectivity index (χ0) is 22.5. The average molecular weight is 442 g/mol. The maximum absolute atomic E-state index is 14.6. The summed E-state index contributed by atoms with van der Waals surface area (Å²) in [4.78, 5) is 28.3. The summed E-state index contributed by atoms with van der Waals surface area (Å²) in [7, 11) is 3.79. The molecule has 2 aromatic rings. The van der Waals surface area contributed by atoms with E-state index >= 15 is 0 Å². The molecular formula is C24H32FN5O2. The first-order valence-corrected chi connectivity index (χ1v) is 11.4. The van der Waals surface area contributed by atoms with Crippen molar-refractivity contribution >= 4 is 11.9 Å². The van der Waals surface area contributed by atoms with Gasteiger partial charge in [0.15, 0.2) is 0 Å². The second-order valence-electron chi connectivity index (χ2n) is 8.73. The summed E-state index contributed by atoms with van der Waals surface area (Å²) in [5, 5.41) is 0. The van der Waals surface area contributed by atoms with Gasteiger partial charge in [-0.3, -0.25) is 9.69 Å². The average Bonchev–Trinajstić information content (AvgIpc) is 2.83. The zero-order valence-electron chi connectivity index (χ0n) is 19.0. The van der Waals surface area contributed by atoms with Crippen LogP contribution in [0.15, 0.2) is 30.5 Å². The van der Waals surface area contributed by atoms with Gasteiger partial charge in [0.25, 0.3) is 0 Å². The number of ether oxygens (including phenoxy) is 1. The number of anilines is 1. The van der Waals surface area contributed by atoms with Gasteiger partial charge in [-0.2, -0.15) is 0 Å². The van der Waals surface area contributed by atoms with E-state index in [4.69, 9.17) is 9.72 Å². The molecule has 2 aliphatic rings. The number of carbonyl (C=O) groups is 1. The summed E-state index contributed by atoms with van der Waals surface area (Å²) in [6.07, 6.45) is 4.05. The van der Waals surface area contributed by atoms with Crippen molar-refractivity contribution in [2.75, 3.05) is 64.9 Å². The number of aromatic nitrogens is 2. The molecule has 0 saturated carbocycles. The van der Waals surface area contributed by atoms with Gasteiger partial charge in [-0.05, 0) is 18.9 Å². The first kappa shape index (κ1) is 22.6. The smallest absolute Gasteiger partial charge is 0.225 e. The Labute approximate surface area is 189 Å². The summed E-state index contributed by atoms with van der Waals surface area (Å²) in [5.74, 6) is 0.531. The quantitative estimate of drug-likeness (QED) is 0.687. The second-order valence-corrected chi connectivity index (χ2v) is 8.73. The molecule has 8 heteroatoms. The Morgan fingerprint density at radius 2 is 1.97 bits per heavy atom. The van der Waals surface area contributed by atoms with E-state index in [2.05, 4.69) is 9.88 Å². The van der Waals surface area contributed by atoms with Gasteiger partial charge in [0.2, 0.25) is 11.9 Å². The first-order valence-electron chi connectivity index (χ1n) is 11.4. The van der Waals surface area contributed by atoms with Crippen LogP contribution in [0.1, 0.15) is 30.9 Å². The maximum Gasteiger partial charge on any atom is 0.225 e. The van der Waals surface area contributed by atoms with Crippen molar-refractivity contribution in [2.45, 2.75) is 25.2 Å². The van der Waals surface area contributed by atoms with Gasteiger partial charge in [0, 0.05) is 76.5 Å². The van der Waals surface area contributed by atoms with Crippen LogP contribution < -0.4 is 4.90 Å². The van der Waals surface area contributed by atoms with Gasteiger partial charge in [0.05, 0.1) is 18.9 Å². The molecule has 1 aromatic heterocycles. The van der Waals surface area contributed by atoms with Gasteiger partial charge >= 0.3 is 0 Å². The summed E-state index contributed by atoms with van der Waals surface area (Å²) in [6, 6.07) is 6.73. The van der Waals surface area contributed by atoms with Gasteiger partial charge in [-0.15, -0.1) is 0 Å². The molecule has 2 saturated heterocycles. The third-order valence-electron chi connectivity index (χ3n) is 6.28. The predicted molar refractivity (Wildman–Crippen MR) is 122 cm³/mol. The molecule has 172 valence electrons. The van der Waals surface area contributed by atoms with Crippen molar-refractivity contribution in [3.05, 3.63) is 42.0 Å². The molecule has 0 spiro atoms. The van der Waals surface area contributed by atoms with E-state index in [0.717, 1.165) is 57.9 Å². The first-order chi connectivity index (χ1) is 15.5. The number of benzene rings is 1. The topological polar surface area (TPSA) is 61.8 Å². The molecule has 2 aliphatic heterocycles. The molecule has 32 heavy (non-hydrogen) atoms. The largest absolute Gasteiger partial charge is 0.379 e. The van der Waals surface area contributed by atoms with E-state index < -0.39 is 0 Å². The van der Waals surface area contributed by atoms with Gasteiger partial charge in [-0.1, -0.05) is 18.2 Å². The van der Waals surface area contributed by atoms with Crippen molar-refractivity contribution in [3.63, 3.8) is 0 Å². The van der Waals surface area contributed by atoms with Crippen molar-refractivity contribution in [2.24, 2.45) is 0 Å². The Morgan fingerprint density at radius 3 is 2.72 bits per heavy atom. The predicted octanol–water partition coefficient (Wildman–Crippen LogP) is 2.78. The molecule has 1 unspecified atom stereocenters. The van der Waals surface area contributed by atoms with Crippen molar-refractivity contribution < 1.29 is 13.9 Å². The molecule has 1 atom stereocenters. The summed E-state index contributed by atoms with van der Waals surface area (Å²) < 4.78 is 20.0. The molecule has 1 amide bonds. The van der Waals surface area contributed by atoms with Crippen LogP contribution in [0.25, 0.3) is 11.1 Å². The Morgan fingerprint density at radius 1 is 1.19 bits per heavy atom. The Hall–Kier alpha value is -2.58. The number of morpholine rings is 1. The summed E-state index contributed by atoms with van der Waals surface area (Å²) >= 11 is 0. The van der Waals surface area contributed by atoms with Crippen LogP contribution in [0.4, 0.5) is 10.3 Å². The van der Waals surface area contributed by atoms with Crippen molar-refractivity contribution in [1.82, 2.24) is 19.8 Å². The lowest BCUT2D eigenvalue weighted by molar-refractivity contribution is -0.133. The second kappa shape index (κ2) is 10.4. The fraction of sp³-hybridized carbons (Fsp3) is 0.542. The molecule has 0 N–H and O–H groups in total. The van der Waals surface area contributed by atoms with E-state index in [1.165, 1.54) is 6.07 Å². The minimum atomic E-state index is -0.288. The van der Waals surface area contributed by atoms with Gasteiger partial charge in [0.1, 0.15) is 5.82 Å². The Balaban J connectivity index is 1.53. The maximum atomic E-state index is 14.6. The third kappa shape index (κ3) is 5.24. The minimum absolute atomic E-state index is 0.0485. The van der Waals surface area contributed by atoms with Crippen LogP contribution in [0, 0.1) is 5.82 Å². The molecule has 3 heterocycles. The van der Waals surface area contributed by atoms with Crippen LogP contribution in [-0.4, -0.2) is 85.7 Å². The highest BCUT2D eigenvalue weighted by atomic mass is 19.1. The Bertz CT molecular complexity index is 932. The molecule has 4 rings (SSSR count). The van der Waals surface area contributed by atoms with E-state index in [1.807, 2.05) is 30.0 Å². The molecule has 0 bridgehead atoms. The standard InChI is InChI=1S/C24H32FN5O2/c1-28(2)24-26-16-20(19-7-3-4-8-21(19)25)23(27-24)18-6-5-10-30(17-18)22(31)9-11-29-12-14-32-15-13-29/h3-4,7-8,16,18H,5-6,9-15,17H2,1-2H3. The Kier molecular flexibility index (Phi) is 7.32. The van der Waals surface area contributed by atoms with Crippen molar-refractivity contribution in [3.8, 4) is 11.1 Å². The molecular weight excluding hydrogens is 409 g/mol. The van der Waals surface area contributed by atoms with Crippen molar-refractivity contribution in [1.29, 1.82) is 0 Å². The lowest BCUT2D eigenvalue weighted by Crippen LogP contribution is -2.42. The number of hydrogen-bond donors (Lipinski definition) is 0. The summed E-state index contributed by atoms with van der Waals surface area (Å²) in [5.41, 5.74) is 2.03. The lowest BCUT2D eigenvalue weighted by atomic mass is 9.89. The van der Waals surface area contributed by atoms with E-state index in [1.54, 1.807) is 18.3 Å². The van der Waals surface area contributed by atoms with Crippen LogP contribution in [-0.2, 0) is 9.53 Å². The molecule has 1 aromatic carbocycles. The SMILES string of the molecule is CN(C)c1ncc(-c2ccccc2F)c(C2CCCN(C(=O)CCN3CCOCC3)C2)n1. The molecule has 0 radical (unpaired) electrons. The highest BCUT2D eigenvalue weighted by Gasteiger charge is 2.29. The van der Waals surface area contributed by atoms with Crippen LogP contribution >= 0.6 is 0 Å². The number of halogens is 1. The van der Waals surface area contributed by atoms with Crippen LogP contribution in [0.2, 0.25) is 0 Å². The fourth-order valence-corrected chi connectivity index (χ4v) is 4.46. The number of nitrogens with zero attached hydrogens (tertiary/aromatic N) is 5. The molecule has 7 nitrogen and oxygen atoms in total. The number of amides is 1.